The Morgan fingerprint density at radius 1 is 1.35 bits per heavy atom. The lowest BCUT2D eigenvalue weighted by Crippen LogP contribution is -2.30. The van der Waals surface area contributed by atoms with E-state index in [1.807, 2.05) is 44.2 Å². The molecule has 0 aliphatic heterocycles. The van der Waals surface area contributed by atoms with Crippen molar-refractivity contribution in [3.63, 3.8) is 0 Å². The van der Waals surface area contributed by atoms with Crippen molar-refractivity contribution in [2.24, 2.45) is 0 Å². The van der Waals surface area contributed by atoms with Gasteiger partial charge in [0.1, 0.15) is 23.3 Å². The molecular formula is C17H18N2O3S. The Morgan fingerprint density at radius 3 is 2.91 bits per heavy atom. The van der Waals surface area contributed by atoms with Crippen molar-refractivity contribution in [3.05, 3.63) is 57.5 Å². The summed E-state index contributed by atoms with van der Waals surface area (Å²) in [5.41, 5.74) is 0.878. The second kappa shape index (κ2) is 6.52. The van der Waals surface area contributed by atoms with Gasteiger partial charge in [-0.2, -0.15) is 0 Å². The molecule has 1 unspecified atom stereocenters. The number of aliphatic hydroxyl groups is 1. The van der Waals surface area contributed by atoms with Gasteiger partial charge in [0.05, 0.1) is 18.3 Å². The Bertz CT molecular complexity index is 885. The maximum atomic E-state index is 12.4. The molecule has 0 aliphatic rings. The fourth-order valence-electron chi connectivity index (χ4n) is 2.39. The highest BCUT2D eigenvalue weighted by Gasteiger charge is 2.12. The van der Waals surface area contributed by atoms with Gasteiger partial charge in [0.15, 0.2) is 0 Å². The van der Waals surface area contributed by atoms with Crippen LogP contribution in [0, 0.1) is 13.8 Å². The molecule has 120 valence electrons. The van der Waals surface area contributed by atoms with Crippen LogP contribution >= 0.6 is 11.3 Å². The van der Waals surface area contributed by atoms with Crippen LogP contribution in [0.3, 0.4) is 0 Å². The number of thiophene rings is 1. The summed E-state index contributed by atoms with van der Waals surface area (Å²) < 4.78 is 7.05. The predicted octanol–water partition coefficient (Wildman–Crippen LogP) is 2.51. The smallest absolute Gasteiger partial charge is 0.262 e. The third-order valence-corrected chi connectivity index (χ3v) is 4.53. The number of rotatable bonds is 5. The van der Waals surface area contributed by atoms with Crippen molar-refractivity contribution < 1.29 is 9.84 Å². The molecule has 1 atom stereocenters. The summed E-state index contributed by atoms with van der Waals surface area (Å²) in [4.78, 5) is 18.4. The second-order valence-electron chi connectivity index (χ2n) is 5.51. The Hall–Kier alpha value is -2.18. The monoisotopic (exact) mass is 330 g/mol. The van der Waals surface area contributed by atoms with E-state index in [-0.39, 0.29) is 18.7 Å². The molecule has 1 N–H and O–H groups in total. The maximum absolute atomic E-state index is 12.4. The van der Waals surface area contributed by atoms with Gasteiger partial charge >= 0.3 is 0 Å². The molecule has 0 aliphatic carbocycles. The lowest BCUT2D eigenvalue weighted by molar-refractivity contribution is 0.0911. The molecule has 0 saturated carbocycles. The minimum absolute atomic E-state index is 0.123. The second-order valence-corrected chi connectivity index (χ2v) is 6.74. The molecule has 2 heterocycles. The van der Waals surface area contributed by atoms with E-state index in [1.165, 1.54) is 22.2 Å². The van der Waals surface area contributed by atoms with Gasteiger partial charge in [-0.15, -0.1) is 11.3 Å². The molecule has 3 aromatic rings. The lowest BCUT2D eigenvalue weighted by atomic mass is 10.2. The van der Waals surface area contributed by atoms with Crippen molar-refractivity contribution in [2.75, 3.05) is 6.61 Å². The highest BCUT2D eigenvalue weighted by atomic mass is 32.1. The average Bonchev–Trinajstić information content (AvgIpc) is 2.91. The number of hydrogen-bond donors (Lipinski definition) is 1. The number of para-hydroxylation sites is 1. The summed E-state index contributed by atoms with van der Waals surface area (Å²) >= 11 is 1.49. The zero-order chi connectivity index (χ0) is 16.4. The van der Waals surface area contributed by atoms with Crippen LogP contribution in [-0.4, -0.2) is 27.4 Å². The number of ether oxygens (including phenoxy) is 1. The van der Waals surface area contributed by atoms with E-state index in [9.17, 15) is 9.90 Å². The Balaban J connectivity index is 1.70. The van der Waals surface area contributed by atoms with Crippen LogP contribution in [0.25, 0.3) is 10.2 Å². The van der Waals surface area contributed by atoms with Crippen LogP contribution in [0.4, 0.5) is 0 Å². The molecule has 5 nitrogen and oxygen atoms in total. The third kappa shape index (κ3) is 3.43. The molecule has 1 aromatic carbocycles. The van der Waals surface area contributed by atoms with Gasteiger partial charge < -0.3 is 9.84 Å². The van der Waals surface area contributed by atoms with Crippen molar-refractivity contribution in [1.82, 2.24) is 9.55 Å². The summed E-state index contributed by atoms with van der Waals surface area (Å²) in [5.74, 6) is 0.737. The van der Waals surface area contributed by atoms with Crippen LogP contribution in [-0.2, 0) is 6.54 Å². The highest BCUT2D eigenvalue weighted by Crippen LogP contribution is 2.19. The van der Waals surface area contributed by atoms with Gasteiger partial charge in [-0.25, -0.2) is 4.98 Å². The van der Waals surface area contributed by atoms with Gasteiger partial charge in [-0.3, -0.25) is 9.36 Å². The number of hydrogen-bond acceptors (Lipinski definition) is 5. The SMILES string of the molecule is Cc1cc2c(=O)n(CC(O)COc3ccccc3C)cnc2s1. The number of nitrogens with zero attached hydrogens (tertiary/aromatic N) is 2. The molecule has 23 heavy (non-hydrogen) atoms. The first kappa shape index (κ1) is 15.7. The van der Waals surface area contributed by atoms with Crippen LogP contribution < -0.4 is 10.3 Å². The summed E-state index contributed by atoms with van der Waals surface area (Å²) in [6, 6.07) is 9.46. The molecular weight excluding hydrogens is 312 g/mol. The zero-order valence-electron chi connectivity index (χ0n) is 13.0. The van der Waals surface area contributed by atoms with Crippen LogP contribution in [0.5, 0.6) is 5.75 Å². The molecule has 0 bridgehead atoms. The van der Waals surface area contributed by atoms with Crippen LogP contribution in [0.1, 0.15) is 10.4 Å². The lowest BCUT2D eigenvalue weighted by Gasteiger charge is -2.14. The van der Waals surface area contributed by atoms with Gasteiger partial charge in [0, 0.05) is 4.88 Å². The summed E-state index contributed by atoms with van der Waals surface area (Å²) in [5, 5.41) is 10.7. The molecule has 0 radical (unpaired) electrons. The highest BCUT2D eigenvalue weighted by molar-refractivity contribution is 7.18. The third-order valence-electron chi connectivity index (χ3n) is 3.57. The fourth-order valence-corrected chi connectivity index (χ4v) is 3.23. The van der Waals surface area contributed by atoms with Gasteiger partial charge in [-0.1, -0.05) is 18.2 Å². The number of aryl methyl sites for hydroxylation is 2. The Morgan fingerprint density at radius 2 is 2.13 bits per heavy atom. The van der Waals surface area contributed by atoms with E-state index in [0.29, 0.717) is 5.39 Å². The summed E-state index contributed by atoms with van der Waals surface area (Å²) in [6.45, 7) is 4.17. The predicted molar refractivity (Wildman–Crippen MR) is 91.3 cm³/mol. The first-order valence-corrected chi connectivity index (χ1v) is 8.18. The number of fused-ring (bicyclic) bond motifs is 1. The quantitative estimate of drug-likeness (QED) is 0.781. The molecule has 0 saturated heterocycles. The fraction of sp³-hybridized carbons (Fsp3) is 0.294. The minimum atomic E-state index is -0.786. The largest absolute Gasteiger partial charge is 0.491 e. The van der Waals surface area contributed by atoms with E-state index >= 15 is 0 Å². The van der Waals surface area contributed by atoms with Gasteiger partial charge in [-0.05, 0) is 31.5 Å². The molecule has 6 heteroatoms. The first-order chi connectivity index (χ1) is 11.0. The maximum Gasteiger partial charge on any atom is 0.262 e. The first-order valence-electron chi connectivity index (χ1n) is 7.36. The summed E-state index contributed by atoms with van der Waals surface area (Å²) in [6.07, 6.45) is 0.698. The molecule has 2 aromatic heterocycles. The Kier molecular flexibility index (Phi) is 4.45. The topological polar surface area (TPSA) is 64.4 Å². The number of aliphatic hydroxyl groups excluding tert-OH is 1. The zero-order valence-corrected chi connectivity index (χ0v) is 13.8. The van der Waals surface area contributed by atoms with Crippen molar-refractivity contribution in [2.45, 2.75) is 26.5 Å². The summed E-state index contributed by atoms with van der Waals surface area (Å²) in [7, 11) is 0. The van der Waals surface area contributed by atoms with E-state index in [2.05, 4.69) is 4.98 Å². The normalized spacial score (nSPS) is 12.5. The van der Waals surface area contributed by atoms with Crippen LogP contribution in [0.2, 0.25) is 0 Å². The van der Waals surface area contributed by atoms with Crippen molar-refractivity contribution >= 4 is 21.6 Å². The van der Waals surface area contributed by atoms with E-state index < -0.39 is 6.10 Å². The van der Waals surface area contributed by atoms with Crippen LogP contribution in [0.15, 0.2) is 41.5 Å². The molecule has 0 fully saturated rings. The molecule has 0 spiro atoms. The molecule has 0 amide bonds. The van der Waals surface area contributed by atoms with E-state index in [4.69, 9.17) is 4.74 Å². The Labute approximate surface area is 137 Å². The standard InChI is InChI=1S/C17H18N2O3S/c1-11-5-3-4-6-15(11)22-9-13(20)8-19-10-18-16-14(17(19)21)7-12(2)23-16/h3-7,10,13,20H,8-9H2,1-2H3. The average molecular weight is 330 g/mol. The number of benzene rings is 1. The van der Waals surface area contributed by atoms with Gasteiger partial charge in [0.2, 0.25) is 0 Å². The minimum Gasteiger partial charge on any atom is -0.491 e. The van der Waals surface area contributed by atoms with E-state index in [0.717, 1.165) is 21.0 Å². The molecule has 3 rings (SSSR count). The van der Waals surface area contributed by atoms with Crippen molar-refractivity contribution in [1.29, 1.82) is 0 Å². The van der Waals surface area contributed by atoms with Gasteiger partial charge in [0.25, 0.3) is 5.56 Å². The number of aromatic nitrogens is 2. The van der Waals surface area contributed by atoms with Crippen molar-refractivity contribution in [3.8, 4) is 5.75 Å². The van der Waals surface area contributed by atoms with E-state index in [1.54, 1.807) is 0 Å².